The van der Waals surface area contributed by atoms with Crippen molar-refractivity contribution in [3.63, 3.8) is 0 Å². The van der Waals surface area contributed by atoms with Crippen molar-refractivity contribution in [2.24, 2.45) is 0 Å². The Labute approximate surface area is 123 Å². The molecule has 0 aliphatic carbocycles. The first-order valence-electron chi connectivity index (χ1n) is 6.28. The van der Waals surface area contributed by atoms with Crippen LogP contribution >= 0.6 is 11.6 Å². The quantitative estimate of drug-likeness (QED) is 0.618. The molecule has 0 saturated carbocycles. The highest BCUT2D eigenvalue weighted by atomic mass is 35.5. The second-order valence-electron chi connectivity index (χ2n) is 4.21. The Morgan fingerprint density at radius 3 is 2.80 bits per heavy atom. The number of halogens is 1. The van der Waals surface area contributed by atoms with Crippen LogP contribution in [-0.4, -0.2) is 31.6 Å². The van der Waals surface area contributed by atoms with Crippen molar-refractivity contribution in [2.75, 3.05) is 19.8 Å². The van der Waals surface area contributed by atoms with Gasteiger partial charge in [0.1, 0.15) is 5.75 Å². The molecule has 20 heavy (non-hydrogen) atoms. The van der Waals surface area contributed by atoms with Gasteiger partial charge in [0.15, 0.2) is 6.61 Å². The monoisotopic (exact) mass is 299 g/mol. The van der Waals surface area contributed by atoms with Gasteiger partial charge in [0.25, 0.3) is 0 Å². The van der Waals surface area contributed by atoms with E-state index in [0.29, 0.717) is 23.7 Å². The number of esters is 1. The molecule has 0 unspecified atom stereocenters. The first-order chi connectivity index (χ1) is 9.50. The fourth-order valence-corrected chi connectivity index (χ4v) is 1.61. The Balaban J connectivity index is 2.23. The number of rotatable bonds is 7. The molecule has 1 aromatic carbocycles. The number of nitrogens with one attached hydrogen (secondary N) is 1. The van der Waals surface area contributed by atoms with E-state index >= 15 is 0 Å². The molecule has 0 aromatic heterocycles. The van der Waals surface area contributed by atoms with Crippen LogP contribution in [0.4, 0.5) is 0 Å². The van der Waals surface area contributed by atoms with E-state index in [-0.39, 0.29) is 19.1 Å². The summed E-state index contributed by atoms with van der Waals surface area (Å²) in [5.41, 5.74) is 0.785. The fourth-order valence-electron chi connectivity index (χ4n) is 1.44. The molecule has 6 heteroatoms. The van der Waals surface area contributed by atoms with Gasteiger partial charge in [-0.15, -0.1) is 0 Å². The highest BCUT2D eigenvalue weighted by Gasteiger charge is 2.07. The van der Waals surface area contributed by atoms with E-state index in [1.165, 1.54) is 6.92 Å². The highest BCUT2D eigenvalue weighted by Crippen LogP contribution is 2.24. The third kappa shape index (κ3) is 5.93. The van der Waals surface area contributed by atoms with Gasteiger partial charge in [-0.25, -0.2) is 4.79 Å². The fraction of sp³-hybridized carbons (Fsp3) is 0.429. The van der Waals surface area contributed by atoms with E-state index in [9.17, 15) is 9.59 Å². The van der Waals surface area contributed by atoms with Crippen molar-refractivity contribution < 1.29 is 19.1 Å². The highest BCUT2D eigenvalue weighted by molar-refractivity contribution is 6.31. The summed E-state index contributed by atoms with van der Waals surface area (Å²) in [6.45, 7) is 3.82. The molecule has 110 valence electrons. The predicted molar refractivity (Wildman–Crippen MR) is 75.9 cm³/mol. The molecule has 0 fully saturated rings. The molecule has 1 aromatic rings. The summed E-state index contributed by atoms with van der Waals surface area (Å²) in [6.07, 6.45) is 0.571. The standard InChI is InChI=1S/C14H18ClNO4/c1-10-12(15)5-3-6-13(10)20-9-14(18)19-8-4-7-16-11(2)17/h3,5-6H,4,7-9H2,1-2H3,(H,16,17). The summed E-state index contributed by atoms with van der Waals surface area (Å²) in [4.78, 5) is 22.1. The Hall–Kier alpha value is -1.75. The molecular weight excluding hydrogens is 282 g/mol. The van der Waals surface area contributed by atoms with Crippen LogP contribution in [0, 0.1) is 6.92 Å². The van der Waals surface area contributed by atoms with Crippen LogP contribution in [0.1, 0.15) is 18.9 Å². The zero-order chi connectivity index (χ0) is 15.0. The zero-order valence-corrected chi connectivity index (χ0v) is 12.3. The molecule has 0 atom stereocenters. The van der Waals surface area contributed by atoms with Crippen molar-refractivity contribution in [1.82, 2.24) is 5.32 Å². The summed E-state index contributed by atoms with van der Waals surface area (Å²) >= 11 is 5.94. The molecule has 0 saturated heterocycles. The normalized spacial score (nSPS) is 9.95. The van der Waals surface area contributed by atoms with Gasteiger partial charge in [0.2, 0.25) is 5.91 Å². The van der Waals surface area contributed by atoms with Gasteiger partial charge in [0.05, 0.1) is 6.61 Å². The maximum absolute atomic E-state index is 11.4. The summed E-state index contributed by atoms with van der Waals surface area (Å²) in [7, 11) is 0. The van der Waals surface area contributed by atoms with Gasteiger partial charge in [-0.05, 0) is 25.5 Å². The lowest BCUT2D eigenvalue weighted by Gasteiger charge is -2.10. The number of hydrogen-bond acceptors (Lipinski definition) is 4. The molecule has 0 aliphatic heterocycles. The van der Waals surface area contributed by atoms with E-state index in [4.69, 9.17) is 21.1 Å². The van der Waals surface area contributed by atoms with Crippen molar-refractivity contribution in [1.29, 1.82) is 0 Å². The SMILES string of the molecule is CC(=O)NCCCOC(=O)COc1cccc(Cl)c1C. The molecule has 0 spiro atoms. The maximum atomic E-state index is 11.4. The van der Waals surface area contributed by atoms with Crippen LogP contribution in [0.5, 0.6) is 5.75 Å². The van der Waals surface area contributed by atoms with E-state index < -0.39 is 5.97 Å². The topological polar surface area (TPSA) is 64.6 Å². The third-order valence-corrected chi connectivity index (χ3v) is 2.93. The van der Waals surface area contributed by atoms with E-state index in [1.807, 2.05) is 6.92 Å². The third-order valence-electron chi connectivity index (χ3n) is 2.52. The number of hydrogen-bond donors (Lipinski definition) is 1. The lowest BCUT2D eigenvalue weighted by atomic mass is 10.2. The molecule has 1 rings (SSSR count). The van der Waals surface area contributed by atoms with Crippen molar-refractivity contribution >= 4 is 23.5 Å². The molecule has 1 N–H and O–H groups in total. The smallest absolute Gasteiger partial charge is 0.344 e. The summed E-state index contributed by atoms with van der Waals surface area (Å²) in [5.74, 6) is 0.0102. The second kappa shape index (κ2) is 8.43. The summed E-state index contributed by atoms with van der Waals surface area (Å²) < 4.78 is 10.3. The van der Waals surface area contributed by atoms with Crippen LogP contribution < -0.4 is 10.1 Å². The van der Waals surface area contributed by atoms with Gasteiger partial charge < -0.3 is 14.8 Å². The van der Waals surface area contributed by atoms with E-state index in [1.54, 1.807) is 18.2 Å². The average molecular weight is 300 g/mol. The molecule has 1 amide bonds. The van der Waals surface area contributed by atoms with Gasteiger partial charge in [-0.2, -0.15) is 0 Å². The summed E-state index contributed by atoms with van der Waals surface area (Å²) in [5, 5.41) is 3.20. The van der Waals surface area contributed by atoms with Gasteiger partial charge in [-0.3, -0.25) is 4.79 Å². The largest absolute Gasteiger partial charge is 0.482 e. The van der Waals surface area contributed by atoms with Crippen LogP contribution in [0.25, 0.3) is 0 Å². The lowest BCUT2D eigenvalue weighted by molar-refractivity contribution is -0.146. The maximum Gasteiger partial charge on any atom is 0.344 e. The molecule has 0 aliphatic rings. The van der Waals surface area contributed by atoms with Crippen molar-refractivity contribution in [2.45, 2.75) is 20.3 Å². The number of benzene rings is 1. The number of carbonyl (C=O) groups is 2. The Kier molecular flexibility index (Phi) is 6.87. The average Bonchev–Trinajstić information content (AvgIpc) is 2.39. The van der Waals surface area contributed by atoms with Crippen molar-refractivity contribution in [3.05, 3.63) is 28.8 Å². The van der Waals surface area contributed by atoms with Crippen LogP contribution in [0.3, 0.4) is 0 Å². The van der Waals surface area contributed by atoms with Crippen LogP contribution in [-0.2, 0) is 14.3 Å². The van der Waals surface area contributed by atoms with Gasteiger partial charge in [-0.1, -0.05) is 17.7 Å². The van der Waals surface area contributed by atoms with Crippen LogP contribution in [0.2, 0.25) is 5.02 Å². The first-order valence-corrected chi connectivity index (χ1v) is 6.66. The molecule has 0 radical (unpaired) electrons. The van der Waals surface area contributed by atoms with Crippen LogP contribution in [0.15, 0.2) is 18.2 Å². The lowest BCUT2D eigenvalue weighted by Crippen LogP contribution is -2.23. The molecule has 5 nitrogen and oxygen atoms in total. The molecular formula is C14H18ClNO4. The van der Waals surface area contributed by atoms with Gasteiger partial charge >= 0.3 is 5.97 Å². The Morgan fingerprint density at radius 2 is 2.10 bits per heavy atom. The molecule has 0 bridgehead atoms. The minimum Gasteiger partial charge on any atom is -0.482 e. The number of ether oxygens (including phenoxy) is 2. The van der Waals surface area contributed by atoms with E-state index in [2.05, 4.69) is 5.32 Å². The van der Waals surface area contributed by atoms with Gasteiger partial charge in [0, 0.05) is 24.1 Å². The molecule has 0 heterocycles. The first kappa shape index (κ1) is 16.3. The number of amides is 1. The Morgan fingerprint density at radius 1 is 1.35 bits per heavy atom. The zero-order valence-electron chi connectivity index (χ0n) is 11.6. The van der Waals surface area contributed by atoms with Crippen molar-refractivity contribution in [3.8, 4) is 5.75 Å². The number of carbonyl (C=O) groups excluding carboxylic acids is 2. The second-order valence-corrected chi connectivity index (χ2v) is 4.62. The van der Waals surface area contributed by atoms with E-state index in [0.717, 1.165) is 5.56 Å². The Bertz CT molecular complexity index is 476. The summed E-state index contributed by atoms with van der Waals surface area (Å²) in [6, 6.07) is 5.25. The predicted octanol–water partition coefficient (Wildman–Crippen LogP) is 2.10. The minimum absolute atomic E-state index is 0.101. The minimum atomic E-state index is -0.452.